The van der Waals surface area contributed by atoms with Gasteiger partial charge in [-0.05, 0) is 67.6 Å². The first-order valence-corrected chi connectivity index (χ1v) is 12.6. The number of halogens is 1. The van der Waals surface area contributed by atoms with Crippen LogP contribution < -0.4 is 5.32 Å². The van der Waals surface area contributed by atoms with Gasteiger partial charge < -0.3 is 15.0 Å². The van der Waals surface area contributed by atoms with Crippen molar-refractivity contribution in [2.45, 2.75) is 89.5 Å². The van der Waals surface area contributed by atoms with Crippen LogP contribution in [-0.4, -0.2) is 27.6 Å². The number of hydrogen-bond acceptors (Lipinski definition) is 2. The second kappa shape index (κ2) is 9.86. The van der Waals surface area contributed by atoms with E-state index in [4.69, 9.17) is 0 Å². The van der Waals surface area contributed by atoms with Crippen LogP contribution >= 0.6 is 0 Å². The fourth-order valence-electron chi connectivity index (χ4n) is 5.92. The number of nitrogens with zero attached hydrogens (tertiary/aromatic N) is 1. The van der Waals surface area contributed by atoms with Gasteiger partial charge >= 0.3 is 5.97 Å². The first-order valence-electron chi connectivity index (χ1n) is 12.6. The highest BCUT2D eigenvalue weighted by Gasteiger charge is 2.38. The summed E-state index contributed by atoms with van der Waals surface area (Å²) in [5, 5.41) is 13.9. The van der Waals surface area contributed by atoms with Crippen molar-refractivity contribution in [3.8, 4) is 0 Å². The topological polar surface area (TPSA) is 71.3 Å². The molecule has 2 N–H and O–H groups in total. The summed E-state index contributed by atoms with van der Waals surface area (Å²) in [7, 11) is 1.97. The molecule has 2 aliphatic carbocycles. The molecular formula is C27H37FN2O3. The highest BCUT2D eigenvalue weighted by molar-refractivity contribution is 5.90. The first-order chi connectivity index (χ1) is 15.8. The van der Waals surface area contributed by atoms with Gasteiger partial charge in [-0.25, -0.2) is 4.39 Å². The number of carbonyl (C=O) groups excluding carboxylic acids is 1. The molecule has 2 fully saturated rings. The van der Waals surface area contributed by atoms with Crippen LogP contribution in [0.3, 0.4) is 0 Å². The Labute approximate surface area is 195 Å². The molecule has 0 aliphatic heterocycles. The van der Waals surface area contributed by atoms with E-state index in [2.05, 4.69) is 12.2 Å². The van der Waals surface area contributed by atoms with Crippen molar-refractivity contribution in [3.05, 3.63) is 35.3 Å². The van der Waals surface area contributed by atoms with Crippen molar-refractivity contribution >= 4 is 22.8 Å². The van der Waals surface area contributed by atoms with E-state index in [1.165, 1.54) is 0 Å². The number of rotatable bonds is 9. The molecule has 2 aliphatic rings. The third-order valence-electron chi connectivity index (χ3n) is 7.80. The molecule has 0 saturated heterocycles. The average molecular weight is 457 g/mol. The normalized spacial score (nSPS) is 24.1. The fourth-order valence-corrected chi connectivity index (χ4v) is 5.92. The van der Waals surface area contributed by atoms with Gasteiger partial charge in [0, 0.05) is 42.2 Å². The Balaban J connectivity index is 1.51. The Hall–Kier alpha value is -2.37. The van der Waals surface area contributed by atoms with Crippen LogP contribution in [0.2, 0.25) is 0 Å². The van der Waals surface area contributed by atoms with E-state index in [9.17, 15) is 19.1 Å². The number of aliphatic carboxylic acids is 1. The van der Waals surface area contributed by atoms with E-state index in [0.29, 0.717) is 12.8 Å². The Morgan fingerprint density at radius 1 is 1.24 bits per heavy atom. The highest BCUT2D eigenvalue weighted by atomic mass is 19.1. The van der Waals surface area contributed by atoms with Gasteiger partial charge in [0.1, 0.15) is 5.82 Å². The maximum atomic E-state index is 14.7. The number of aryl methyl sites for hydroxylation is 1. The lowest BCUT2D eigenvalue weighted by Gasteiger charge is -2.37. The molecule has 0 bridgehead atoms. The largest absolute Gasteiger partial charge is 0.481 e. The molecule has 0 radical (unpaired) electrons. The minimum atomic E-state index is -0.742. The van der Waals surface area contributed by atoms with Crippen LogP contribution in [0.1, 0.15) is 94.6 Å². The molecule has 2 aromatic rings. The van der Waals surface area contributed by atoms with Crippen LogP contribution in [0.5, 0.6) is 0 Å². The van der Waals surface area contributed by atoms with Crippen LogP contribution in [0.25, 0.3) is 10.9 Å². The lowest BCUT2D eigenvalue weighted by molar-refractivity contribution is -0.146. The summed E-state index contributed by atoms with van der Waals surface area (Å²) in [5.74, 6) is -1.09. The monoisotopic (exact) mass is 456 g/mol. The molecule has 6 heteroatoms. The Kier molecular flexibility index (Phi) is 7.10. The van der Waals surface area contributed by atoms with Gasteiger partial charge in [0.15, 0.2) is 0 Å². The number of carboxylic acids is 1. The van der Waals surface area contributed by atoms with E-state index in [-0.39, 0.29) is 41.4 Å². The number of nitrogens with one attached hydrogen (secondary N) is 1. The standard InChI is InChI=1S/C27H37FN2O3/c1-4-5-7-18-19(27(32)33)8-6-9-22(18)29-24(31)14-16(2)20-15-30(3)23-13-12-21(28)25(26(20)23)17-10-11-17/h12-13,15-19,22H,4-11,14H2,1-3H3,(H,29,31)(H,32,33). The SMILES string of the molecule is CCCCC1C(NC(=O)CC(C)c2cn(C)c3ccc(F)c(C4CC4)c23)CCCC1C(=O)O. The predicted octanol–water partition coefficient (Wildman–Crippen LogP) is 5.86. The van der Waals surface area contributed by atoms with Crippen LogP contribution in [0, 0.1) is 17.7 Å². The van der Waals surface area contributed by atoms with Crippen molar-refractivity contribution in [2.24, 2.45) is 18.9 Å². The van der Waals surface area contributed by atoms with Crippen molar-refractivity contribution in [2.75, 3.05) is 0 Å². The minimum absolute atomic E-state index is 0.0106. The summed E-state index contributed by atoms with van der Waals surface area (Å²) in [5.41, 5.74) is 2.85. The number of unbranched alkanes of at least 4 members (excludes halogenated alkanes) is 1. The predicted molar refractivity (Wildman–Crippen MR) is 128 cm³/mol. The van der Waals surface area contributed by atoms with Gasteiger partial charge in [0.25, 0.3) is 0 Å². The molecule has 5 nitrogen and oxygen atoms in total. The van der Waals surface area contributed by atoms with Crippen molar-refractivity contribution in [3.63, 3.8) is 0 Å². The highest BCUT2D eigenvalue weighted by Crippen LogP contribution is 2.46. The Morgan fingerprint density at radius 3 is 2.67 bits per heavy atom. The van der Waals surface area contributed by atoms with Gasteiger partial charge in [-0.2, -0.15) is 0 Å². The molecule has 1 aromatic heterocycles. The van der Waals surface area contributed by atoms with E-state index >= 15 is 0 Å². The summed E-state index contributed by atoms with van der Waals surface area (Å²) >= 11 is 0. The van der Waals surface area contributed by atoms with Crippen LogP contribution in [0.15, 0.2) is 18.3 Å². The zero-order chi connectivity index (χ0) is 23.7. The zero-order valence-electron chi connectivity index (χ0n) is 20.1. The van der Waals surface area contributed by atoms with E-state index in [0.717, 1.165) is 67.0 Å². The van der Waals surface area contributed by atoms with Gasteiger partial charge in [-0.15, -0.1) is 0 Å². The summed E-state index contributed by atoms with van der Waals surface area (Å²) in [6.07, 6.45) is 9.57. The van der Waals surface area contributed by atoms with Crippen molar-refractivity contribution < 1.29 is 19.1 Å². The number of carbonyl (C=O) groups is 2. The molecule has 4 rings (SSSR count). The molecule has 4 atom stereocenters. The van der Waals surface area contributed by atoms with Crippen molar-refractivity contribution in [1.29, 1.82) is 0 Å². The van der Waals surface area contributed by atoms with Crippen molar-refractivity contribution in [1.82, 2.24) is 9.88 Å². The number of fused-ring (bicyclic) bond motifs is 1. The fraction of sp³-hybridized carbons (Fsp3) is 0.630. The summed E-state index contributed by atoms with van der Waals surface area (Å²) in [6, 6.07) is 3.31. The molecule has 4 unspecified atom stereocenters. The maximum Gasteiger partial charge on any atom is 0.306 e. The second-order valence-corrected chi connectivity index (χ2v) is 10.3. The molecule has 180 valence electrons. The molecule has 1 amide bonds. The lowest BCUT2D eigenvalue weighted by Crippen LogP contribution is -2.47. The quantitative estimate of drug-likeness (QED) is 0.496. The maximum absolute atomic E-state index is 14.7. The van der Waals surface area contributed by atoms with Gasteiger partial charge in [-0.3, -0.25) is 9.59 Å². The first kappa shape index (κ1) is 23.8. The number of aromatic nitrogens is 1. The van der Waals surface area contributed by atoms with E-state index in [1.54, 1.807) is 6.07 Å². The molecule has 33 heavy (non-hydrogen) atoms. The number of benzene rings is 1. The van der Waals surface area contributed by atoms with Crippen LogP contribution in [-0.2, 0) is 16.6 Å². The third-order valence-corrected chi connectivity index (χ3v) is 7.80. The smallest absolute Gasteiger partial charge is 0.306 e. The van der Waals surface area contributed by atoms with E-state index < -0.39 is 5.97 Å². The average Bonchev–Trinajstić information content (AvgIpc) is 3.55. The van der Waals surface area contributed by atoms with E-state index in [1.807, 2.05) is 30.8 Å². The number of carboxylic acid groups (broad SMARTS) is 1. The number of amides is 1. The van der Waals surface area contributed by atoms with Gasteiger partial charge in [-0.1, -0.05) is 33.1 Å². The summed E-state index contributed by atoms with van der Waals surface area (Å²) in [6.45, 7) is 4.14. The third kappa shape index (κ3) is 4.95. The summed E-state index contributed by atoms with van der Waals surface area (Å²) in [4.78, 5) is 24.9. The zero-order valence-corrected chi connectivity index (χ0v) is 20.1. The van der Waals surface area contributed by atoms with Gasteiger partial charge in [0.2, 0.25) is 5.91 Å². The Bertz CT molecular complexity index is 1030. The minimum Gasteiger partial charge on any atom is -0.481 e. The Morgan fingerprint density at radius 2 is 2.00 bits per heavy atom. The molecule has 1 aromatic carbocycles. The molecule has 2 saturated carbocycles. The van der Waals surface area contributed by atoms with Crippen LogP contribution in [0.4, 0.5) is 4.39 Å². The second-order valence-electron chi connectivity index (χ2n) is 10.3. The lowest BCUT2D eigenvalue weighted by atomic mass is 9.73. The molecule has 0 spiro atoms. The van der Waals surface area contributed by atoms with Gasteiger partial charge in [0.05, 0.1) is 5.92 Å². The molecular weight excluding hydrogens is 419 g/mol. The summed E-state index contributed by atoms with van der Waals surface area (Å²) < 4.78 is 16.8. The number of hydrogen-bond donors (Lipinski definition) is 2. The molecule has 1 heterocycles.